The SMILES string of the molecule is Nc1cnc(N2CC3CC3C2)nc1. The highest BCUT2D eigenvalue weighted by Gasteiger charge is 2.45. The van der Waals surface area contributed by atoms with Crippen molar-refractivity contribution in [1.82, 2.24) is 9.97 Å². The second-order valence-corrected chi connectivity index (χ2v) is 3.98. The summed E-state index contributed by atoms with van der Waals surface area (Å²) in [7, 11) is 0. The first-order valence-electron chi connectivity index (χ1n) is 4.65. The van der Waals surface area contributed by atoms with Crippen LogP contribution in [0.4, 0.5) is 11.6 Å². The average molecular weight is 176 g/mol. The van der Waals surface area contributed by atoms with E-state index in [1.54, 1.807) is 12.4 Å². The summed E-state index contributed by atoms with van der Waals surface area (Å²) >= 11 is 0. The van der Waals surface area contributed by atoms with Crippen LogP contribution in [0.1, 0.15) is 6.42 Å². The molecule has 1 saturated heterocycles. The van der Waals surface area contributed by atoms with Gasteiger partial charge in [0.2, 0.25) is 5.95 Å². The van der Waals surface area contributed by atoms with Crippen molar-refractivity contribution in [2.45, 2.75) is 6.42 Å². The Kier molecular flexibility index (Phi) is 1.28. The molecule has 68 valence electrons. The molecule has 3 rings (SSSR count). The van der Waals surface area contributed by atoms with Gasteiger partial charge in [0.25, 0.3) is 0 Å². The molecule has 2 N–H and O–H groups in total. The number of aromatic nitrogens is 2. The third kappa shape index (κ3) is 1.13. The zero-order chi connectivity index (χ0) is 8.84. The number of fused-ring (bicyclic) bond motifs is 1. The Hall–Kier alpha value is -1.32. The van der Waals surface area contributed by atoms with Crippen molar-refractivity contribution in [3.8, 4) is 0 Å². The summed E-state index contributed by atoms with van der Waals surface area (Å²) < 4.78 is 0. The summed E-state index contributed by atoms with van der Waals surface area (Å²) in [5.41, 5.74) is 6.15. The fraction of sp³-hybridized carbons (Fsp3) is 0.556. The molecule has 0 aromatic carbocycles. The van der Waals surface area contributed by atoms with E-state index in [1.165, 1.54) is 6.42 Å². The van der Waals surface area contributed by atoms with Crippen LogP contribution in [0, 0.1) is 11.8 Å². The molecule has 0 spiro atoms. The van der Waals surface area contributed by atoms with Gasteiger partial charge in [-0.2, -0.15) is 0 Å². The average Bonchev–Trinajstić information content (AvgIpc) is 2.75. The van der Waals surface area contributed by atoms with Gasteiger partial charge in [0, 0.05) is 13.1 Å². The quantitative estimate of drug-likeness (QED) is 0.677. The molecular formula is C9H12N4. The summed E-state index contributed by atoms with van der Waals surface area (Å²) in [6.45, 7) is 2.27. The molecule has 1 saturated carbocycles. The smallest absolute Gasteiger partial charge is 0.225 e. The van der Waals surface area contributed by atoms with Crippen LogP contribution < -0.4 is 10.6 Å². The molecule has 0 bridgehead atoms. The van der Waals surface area contributed by atoms with E-state index in [0.717, 1.165) is 30.9 Å². The number of piperidine rings is 1. The zero-order valence-electron chi connectivity index (χ0n) is 7.35. The first-order valence-corrected chi connectivity index (χ1v) is 4.65. The lowest BCUT2D eigenvalue weighted by atomic mass is 10.4. The standard InChI is InChI=1S/C9H12N4/c10-8-2-11-9(12-3-8)13-4-6-1-7(6)5-13/h2-3,6-7H,1,4-5,10H2. The maximum absolute atomic E-state index is 5.52. The number of hydrogen-bond acceptors (Lipinski definition) is 4. The minimum atomic E-state index is 0.633. The Morgan fingerprint density at radius 1 is 1.23 bits per heavy atom. The monoisotopic (exact) mass is 176 g/mol. The van der Waals surface area contributed by atoms with Crippen molar-refractivity contribution in [3.63, 3.8) is 0 Å². The highest BCUT2D eigenvalue weighted by molar-refractivity contribution is 5.39. The van der Waals surface area contributed by atoms with Gasteiger partial charge in [-0.3, -0.25) is 0 Å². The number of hydrogen-bond donors (Lipinski definition) is 1. The van der Waals surface area contributed by atoms with Crippen molar-refractivity contribution in [2.75, 3.05) is 23.7 Å². The molecule has 1 aliphatic carbocycles. The van der Waals surface area contributed by atoms with E-state index in [4.69, 9.17) is 5.73 Å². The van der Waals surface area contributed by atoms with Crippen LogP contribution in [0.15, 0.2) is 12.4 Å². The van der Waals surface area contributed by atoms with Crippen LogP contribution in [0.3, 0.4) is 0 Å². The molecule has 2 unspecified atom stereocenters. The van der Waals surface area contributed by atoms with Crippen LogP contribution in [0.25, 0.3) is 0 Å². The second kappa shape index (κ2) is 2.34. The zero-order valence-corrected chi connectivity index (χ0v) is 7.35. The van der Waals surface area contributed by atoms with Crippen LogP contribution in [0.5, 0.6) is 0 Å². The highest BCUT2D eigenvalue weighted by atomic mass is 15.3. The second-order valence-electron chi connectivity index (χ2n) is 3.98. The highest BCUT2D eigenvalue weighted by Crippen LogP contribution is 2.45. The van der Waals surface area contributed by atoms with Crippen molar-refractivity contribution >= 4 is 11.6 Å². The first-order chi connectivity index (χ1) is 6.33. The van der Waals surface area contributed by atoms with Crippen molar-refractivity contribution in [2.24, 2.45) is 11.8 Å². The van der Waals surface area contributed by atoms with E-state index in [2.05, 4.69) is 14.9 Å². The minimum Gasteiger partial charge on any atom is -0.396 e. The Balaban J connectivity index is 1.81. The Labute approximate surface area is 76.8 Å². The van der Waals surface area contributed by atoms with Gasteiger partial charge in [-0.05, 0) is 18.3 Å². The van der Waals surface area contributed by atoms with Crippen LogP contribution in [-0.2, 0) is 0 Å². The summed E-state index contributed by atoms with van der Waals surface area (Å²) in [4.78, 5) is 10.7. The Bertz CT molecular complexity index is 311. The number of nitrogens with two attached hydrogens (primary N) is 1. The molecule has 0 radical (unpaired) electrons. The Morgan fingerprint density at radius 2 is 1.85 bits per heavy atom. The third-order valence-corrected chi connectivity index (χ3v) is 2.92. The molecule has 4 nitrogen and oxygen atoms in total. The Morgan fingerprint density at radius 3 is 2.46 bits per heavy atom. The van der Waals surface area contributed by atoms with Gasteiger partial charge in [0.1, 0.15) is 0 Å². The maximum Gasteiger partial charge on any atom is 0.225 e. The summed E-state index contributed by atoms with van der Waals surface area (Å²) in [5.74, 6) is 2.67. The fourth-order valence-electron chi connectivity index (χ4n) is 2.06. The third-order valence-electron chi connectivity index (χ3n) is 2.92. The topological polar surface area (TPSA) is 55.0 Å². The van der Waals surface area contributed by atoms with E-state index < -0.39 is 0 Å². The van der Waals surface area contributed by atoms with Gasteiger partial charge in [-0.25, -0.2) is 9.97 Å². The molecule has 4 heteroatoms. The van der Waals surface area contributed by atoms with Crippen molar-refractivity contribution in [1.29, 1.82) is 0 Å². The van der Waals surface area contributed by atoms with E-state index in [9.17, 15) is 0 Å². The molecular weight excluding hydrogens is 164 g/mol. The van der Waals surface area contributed by atoms with Gasteiger partial charge in [0.15, 0.2) is 0 Å². The summed E-state index contributed by atoms with van der Waals surface area (Å²) in [6.07, 6.45) is 4.75. The number of nitrogen functional groups attached to an aromatic ring is 1. The molecule has 1 aromatic rings. The van der Waals surface area contributed by atoms with Gasteiger partial charge in [0.05, 0.1) is 18.1 Å². The van der Waals surface area contributed by atoms with E-state index in [-0.39, 0.29) is 0 Å². The van der Waals surface area contributed by atoms with Gasteiger partial charge < -0.3 is 10.6 Å². The predicted molar refractivity (Wildman–Crippen MR) is 50.3 cm³/mol. The molecule has 2 atom stereocenters. The minimum absolute atomic E-state index is 0.633. The molecule has 2 aliphatic rings. The fourth-order valence-corrected chi connectivity index (χ4v) is 2.06. The molecule has 13 heavy (non-hydrogen) atoms. The lowest BCUT2D eigenvalue weighted by molar-refractivity contribution is 0.787. The maximum atomic E-state index is 5.52. The first kappa shape index (κ1) is 7.12. The largest absolute Gasteiger partial charge is 0.396 e. The number of rotatable bonds is 1. The van der Waals surface area contributed by atoms with E-state index in [1.807, 2.05) is 0 Å². The van der Waals surface area contributed by atoms with E-state index in [0.29, 0.717) is 5.69 Å². The molecule has 1 aliphatic heterocycles. The lowest BCUT2D eigenvalue weighted by Crippen LogP contribution is -2.23. The van der Waals surface area contributed by atoms with Crippen molar-refractivity contribution in [3.05, 3.63) is 12.4 Å². The number of anilines is 2. The number of nitrogens with zero attached hydrogens (tertiary/aromatic N) is 3. The normalized spacial score (nSPS) is 30.3. The summed E-state index contributed by atoms with van der Waals surface area (Å²) in [5, 5.41) is 0. The van der Waals surface area contributed by atoms with Gasteiger partial charge >= 0.3 is 0 Å². The van der Waals surface area contributed by atoms with Crippen LogP contribution >= 0.6 is 0 Å². The molecule has 0 amide bonds. The van der Waals surface area contributed by atoms with E-state index >= 15 is 0 Å². The van der Waals surface area contributed by atoms with Gasteiger partial charge in [-0.1, -0.05) is 0 Å². The van der Waals surface area contributed by atoms with Gasteiger partial charge in [-0.15, -0.1) is 0 Å². The lowest BCUT2D eigenvalue weighted by Gasteiger charge is -2.16. The molecule has 2 fully saturated rings. The molecule has 2 heterocycles. The summed E-state index contributed by atoms with van der Waals surface area (Å²) in [6, 6.07) is 0. The van der Waals surface area contributed by atoms with Crippen molar-refractivity contribution < 1.29 is 0 Å². The van der Waals surface area contributed by atoms with Crippen LogP contribution in [-0.4, -0.2) is 23.1 Å². The predicted octanol–water partition coefficient (Wildman–Crippen LogP) is 0.515. The molecule has 1 aromatic heterocycles. The van der Waals surface area contributed by atoms with Crippen LogP contribution in [0.2, 0.25) is 0 Å².